The molecule has 37 heavy (non-hydrogen) atoms. The van der Waals surface area contributed by atoms with Crippen LogP contribution in [0.2, 0.25) is 0 Å². The molecule has 2 aromatic carbocycles. The molecule has 3 aromatic rings. The van der Waals surface area contributed by atoms with E-state index in [9.17, 15) is 0 Å². The Labute approximate surface area is 222 Å². The lowest BCUT2D eigenvalue weighted by Crippen LogP contribution is -2.25. The highest BCUT2D eigenvalue weighted by Crippen LogP contribution is 2.58. The van der Waals surface area contributed by atoms with Crippen molar-refractivity contribution in [1.29, 1.82) is 0 Å². The van der Waals surface area contributed by atoms with Crippen molar-refractivity contribution in [3.63, 3.8) is 0 Å². The number of aryl methyl sites for hydroxylation is 1. The molecule has 8 aliphatic rings. The first-order valence-corrected chi connectivity index (χ1v) is 15.4. The maximum Gasteiger partial charge on any atom is 0.0705 e. The Morgan fingerprint density at radius 3 is 1.49 bits per heavy atom. The van der Waals surface area contributed by atoms with E-state index in [0.29, 0.717) is 0 Å². The maximum absolute atomic E-state index is 5.08. The fourth-order valence-electron chi connectivity index (χ4n) is 10.7. The zero-order chi connectivity index (χ0) is 24.2. The minimum absolute atomic E-state index is 0.789. The summed E-state index contributed by atoms with van der Waals surface area (Å²) in [5.41, 5.74) is 13.3. The third kappa shape index (κ3) is 3.31. The van der Waals surface area contributed by atoms with Gasteiger partial charge >= 0.3 is 0 Å². The molecule has 8 bridgehead atoms. The summed E-state index contributed by atoms with van der Waals surface area (Å²) in [5.74, 6) is 7.13. The van der Waals surface area contributed by atoms with Crippen molar-refractivity contribution in [3.05, 3.63) is 76.5 Å². The number of hydrogen-bond acceptors (Lipinski definition) is 1. The molecule has 0 spiro atoms. The first-order valence-electron chi connectivity index (χ1n) is 15.4. The van der Waals surface area contributed by atoms with Crippen LogP contribution in [0, 0.1) is 30.6 Å². The first kappa shape index (κ1) is 21.5. The molecule has 1 heterocycles. The molecule has 0 aliphatic heterocycles. The number of aromatic nitrogens is 1. The van der Waals surface area contributed by atoms with E-state index in [0.717, 1.165) is 53.0 Å². The van der Waals surface area contributed by atoms with Crippen LogP contribution < -0.4 is 0 Å². The van der Waals surface area contributed by atoms with Gasteiger partial charge in [0.2, 0.25) is 0 Å². The van der Waals surface area contributed by atoms with Gasteiger partial charge < -0.3 is 0 Å². The van der Waals surface area contributed by atoms with Gasteiger partial charge in [-0.1, -0.05) is 30.3 Å². The van der Waals surface area contributed by atoms with Gasteiger partial charge in [-0.3, -0.25) is 4.98 Å². The molecule has 4 atom stereocenters. The minimum atomic E-state index is 0.789. The lowest BCUT2D eigenvalue weighted by molar-refractivity contribution is 0.165. The highest BCUT2D eigenvalue weighted by atomic mass is 14.7. The third-order valence-electron chi connectivity index (χ3n) is 11.9. The second-order valence-corrected chi connectivity index (χ2v) is 14.2. The summed E-state index contributed by atoms with van der Waals surface area (Å²) in [6, 6.07) is 17.2. The molecule has 11 rings (SSSR count). The standard InChI is InChI=1S/C36H39N/c1-20-6-36(26-3-5-32-28-11-23-8-24(12-28)16-30(15-23)34(32)18-26)37-19-35(20)25-2-4-31-27-9-21-7-22(10-27)14-29(13-21)33(31)17-25/h2-6,17-19,21-24,27-30H,7-16H2,1H3. The van der Waals surface area contributed by atoms with E-state index in [1.54, 1.807) is 22.3 Å². The van der Waals surface area contributed by atoms with Gasteiger partial charge in [0.25, 0.3) is 0 Å². The minimum Gasteiger partial charge on any atom is -0.256 e. The molecule has 4 saturated carbocycles. The molecule has 4 fully saturated rings. The van der Waals surface area contributed by atoms with Crippen molar-refractivity contribution < 1.29 is 0 Å². The number of hydrogen-bond donors (Lipinski definition) is 0. The number of pyridine rings is 1. The second kappa shape index (κ2) is 7.81. The average molecular weight is 486 g/mol. The normalized spacial score (nSPS) is 36.2. The van der Waals surface area contributed by atoms with E-state index in [-0.39, 0.29) is 0 Å². The van der Waals surface area contributed by atoms with Crippen LogP contribution in [0.15, 0.2) is 48.7 Å². The van der Waals surface area contributed by atoms with Crippen molar-refractivity contribution in [1.82, 2.24) is 4.98 Å². The van der Waals surface area contributed by atoms with Crippen molar-refractivity contribution in [2.75, 3.05) is 0 Å². The zero-order valence-electron chi connectivity index (χ0n) is 22.3. The Morgan fingerprint density at radius 2 is 0.973 bits per heavy atom. The van der Waals surface area contributed by atoms with Gasteiger partial charge in [-0.2, -0.15) is 0 Å². The summed E-state index contributed by atoms with van der Waals surface area (Å²) in [6.45, 7) is 2.30. The fraction of sp³-hybridized carbons (Fsp3) is 0.528. The quantitative estimate of drug-likeness (QED) is 0.352. The van der Waals surface area contributed by atoms with E-state index in [1.165, 1.54) is 86.5 Å². The largest absolute Gasteiger partial charge is 0.256 e. The van der Waals surface area contributed by atoms with Crippen LogP contribution >= 0.6 is 0 Å². The summed E-state index contributed by atoms with van der Waals surface area (Å²) < 4.78 is 0. The SMILES string of the molecule is Cc1cc(-c2ccc3c(c2)C2CC4CC(CC3C4)C2)ncc1-c1ccc2c(c1)C1CC3CC(CC2C3)C1. The summed E-state index contributed by atoms with van der Waals surface area (Å²) in [5, 5.41) is 0. The van der Waals surface area contributed by atoms with E-state index < -0.39 is 0 Å². The van der Waals surface area contributed by atoms with Crippen molar-refractivity contribution in [3.8, 4) is 22.4 Å². The molecule has 0 N–H and O–H groups in total. The topological polar surface area (TPSA) is 12.9 Å². The summed E-state index contributed by atoms with van der Waals surface area (Å²) in [4.78, 5) is 5.08. The predicted molar refractivity (Wildman–Crippen MR) is 151 cm³/mol. The van der Waals surface area contributed by atoms with Gasteiger partial charge in [-0.25, -0.2) is 0 Å². The summed E-state index contributed by atoms with van der Waals surface area (Å²) in [7, 11) is 0. The van der Waals surface area contributed by atoms with Gasteiger partial charge in [0.05, 0.1) is 5.69 Å². The molecule has 8 aliphatic carbocycles. The van der Waals surface area contributed by atoms with Crippen LogP contribution in [0.3, 0.4) is 0 Å². The van der Waals surface area contributed by atoms with E-state index in [2.05, 4.69) is 55.6 Å². The molecule has 1 heteroatoms. The van der Waals surface area contributed by atoms with Crippen molar-refractivity contribution in [2.24, 2.45) is 23.7 Å². The Balaban J connectivity index is 1.07. The van der Waals surface area contributed by atoms with Gasteiger partial charge in [0.15, 0.2) is 0 Å². The molecule has 188 valence electrons. The molecule has 1 aromatic heterocycles. The zero-order valence-corrected chi connectivity index (χ0v) is 22.3. The highest BCUT2D eigenvalue weighted by molar-refractivity contribution is 5.72. The average Bonchev–Trinajstić information content (AvgIpc) is 3.18. The lowest BCUT2D eigenvalue weighted by Gasteiger charge is -2.38. The molecule has 0 radical (unpaired) electrons. The summed E-state index contributed by atoms with van der Waals surface area (Å²) >= 11 is 0. The van der Waals surface area contributed by atoms with E-state index in [1.807, 2.05) is 0 Å². The molecular formula is C36H39N. The summed E-state index contributed by atoms with van der Waals surface area (Å²) in [6.07, 6.45) is 16.7. The number of rotatable bonds is 2. The highest BCUT2D eigenvalue weighted by Gasteiger charge is 2.43. The van der Waals surface area contributed by atoms with Crippen LogP contribution in [0.4, 0.5) is 0 Å². The molecular weight excluding hydrogens is 446 g/mol. The van der Waals surface area contributed by atoms with Gasteiger partial charge in [0.1, 0.15) is 0 Å². The third-order valence-corrected chi connectivity index (χ3v) is 11.9. The first-order chi connectivity index (χ1) is 18.1. The molecule has 0 amide bonds. The van der Waals surface area contributed by atoms with Gasteiger partial charge in [0, 0.05) is 17.3 Å². The van der Waals surface area contributed by atoms with Gasteiger partial charge in [-0.05, 0) is 164 Å². The predicted octanol–water partition coefficient (Wildman–Crippen LogP) is 9.51. The maximum atomic E-state index is 5.08. The second-order valence-electron chi connectivity index (χ2n) is 14.2. The van der Waals surface area contributed by atoms with Crippen LogP contribution in [-0.2, 0) is 0 Å². The molecule has 0 saturated heterocycles. The Morgan fingerprint density at radius 1 is 0.514 bits per heavy atom. The molecule has 4 unspecified atom stereocenters. The van der Waals surface area contributed by atoms with Crippen LogP contribution in [0.25, 0.3) is 22.4 Å². The van der Waals surface area contributed by atoms with E-state index >= 15 is 0 Å². The molecule has 1 nitrogen and oxygen atoms in total. The number of nitrogens with zero attached hydrogens (tertiary/aromatic N) is 1. The smallest absolute Gasteiger partial charge is 0.0705 e. The Hall–Kier alpha value is -2.41. The van der Waals surface area contributed by atoms with E-state index in [4.69, 9.17) is 4.98 Å². The fourth-order valence-corrected chi connectivity index (χ4v) is 10.7. The number of benzene rings is 2. The van der Waals surface area contributed by atoms with Crippen LogP contribution in [0.5, 0.6) is 0 Å². The Kier molecular flexibility index (Phi) is 4.54. The Bertz CT molecular complexity index is 1390. The van der Waals surface area contributed by atoms with Crippen LogP contribution in [-0.4, -0.2) is 4.98 Å². The lowest BCUT2D eigenvalue weighted by atomic mass is 9.67. The van der Waals surface area contributed by atoms with Crippen LogP contribution in [0.1, 0.15) is 116 Å². The van der Waals surface area contributed by atoms with Gasteiger partial charge in [-0.15, -0.1) is 0 Å². The monoisotopic (exact) mass is 485 g/mol. The van der Waals surface area contributed by atoms with Crippen molar-refractivity contribution >= 4 is 0 Å². The van der Waals surface area contributed by atoms with Crippen molar-refractivity contribution in [2.45, 2.75) is 94.8 Å².